The van der Waals surface area contributed by atoms with Crippen LogP contribution in [-0.2, 0) is 33.7 Å². The molecule has 0 bridgehead atoms. The molecule has 0 aliphatic rings. The van der Waals surface area contributed by atoms with E-state index in [1.807, 2.05) is 0 Å². The second-order valence-corrected chi connectivity index (χ2v) is 5.47. The largest absolute Gasteiger partial charge is 0.412 e. The molecule has 0 unspecified atom stereocenters. The normalized spacial score (nSPS) is 9.71. The first-order chi connectivity index (χ1) is 7.77. The van der Waals surface area contributed by atoms with Crippen LogP contribution in [0.1, 0.15) is 71.1 Å². The molecule has 1 nitrogen and oxygen atoms in total. The zero-order valence-electron chi connectivity index (χ0n) is 11.0. The van der Waals surface area contributed by atoms with Crippen LogP contribution >= 0.6 is 12.2 Å². The molecule has 0 fully saturated rings. The van der Waals surface area contributed by atoms with Gasteiger partial charge in [-0.05, 0) is 6.42 Å². The minimum atomic E-state index is 0. The predicted molar refractivity (Wildman–Crippen MR) is 79.8 cm³/mol. The van der Waals surface area contributed by atoms with Gasteiger partial charge in [-0.25, -0.2) is 0 Å². The zero-order valence-corrected chi connectivity index (χ0v) is 14.6. The van der Waals surface area contributed by atoms with Crippen molar-refractivity contribution in [2.24, 2.45) is 0 Å². The molecule has 0 saturated heterocycles. The topological polar surface area (TPSA) is 12.0 Å². The molecule has 0 atom stereocenters. The van der Waals surface area contributed by atoms with Gasteiger partial charge in [0.25, 0.3) is 0 Å². The van der Waals surface area contributed by atoms with Crippen LogP contribution in [0.2, 0.25) is 0 Å². The Balaban J connectivity index is 0. The number of hydrogen-bond donors (Lipinski definition) is 1. The van der Waals surface area contributed by atoms with Gasteiger partial charge in [0, 0.05) is 27.6 Å². The molecule has 0 heterocycles. The summed E-state index contributed by atoms with van der Waals surface area (Å²) in [6.45, 7) is 3.22. The van der Waals surface area contributed by atoms with Crippen LogP contribution in [-0.4, -0.2) is 10.9 Å². The molecule has 0 aromatic carbocycles. The van der Waals surface area contributed by atoms with Crippen molar-refractivity contribution in [3.63, 3.8) is 0 Å². The average Bonchev–Trinajstić information content (AvgIpc) is 2.25. The summed E-state index contributed by atoms with van der Waals surface area (Å²) < 4.78 is 0.510. The van der Waals surface area contributed by atoms with Crippen molar-refractivity contribution in [1.29, 1.82) is 0 Å². The third-order valence-corrected chi connectivity index (χ3v) is 3.09. The Kier molecular flexibility index (Phi) is 19.9. The molecule has 1 N–H and O–H groups in total. The van der Waals surface area contributed by atoms with Gasteiger partial charge in [-0.15, -0.1) is 0 Å². The van der Waals surface area contributed by atoms with Crippen molar-refractivity contribution in [2.75, 3.05) is 6.54 Å². The van der Waals surface area contributed by atoms with Gasteiger partial charge in [0.2, 0.25) is 0 Å². The van der Waals surface area contributed by atoms with E-state index in [1.54, 1.807) is 0 Å². The summed E-state index contributed by atoms with van der Waals surface area (Å²) in [7, 11) is 0. The fraction of sp³-hybridized carbons (Fsp3) is 0.923. The summed E-state index contributed by atoms with van der Waals surface area (Å²) in [4.78, 5) is 0. The molecule has 0 aromatic rings. The first-order valence-corrected chi connectivity index (χ1v) is 7.54. The third kappa shape index (κ3) is 19.3. The molecule has 102 valence electrons. The maximum absolute atomic E-state index is 4.77. The Morgan fingerprint density at radius 2 is 1.29 bits per heavy atom. The summed E-state index contributed by atoms with van der Waals surface area (Å²) in [5.74, 6) is 0. The number of nitrogens with one attached hydrogen (secondary N) is 1. The van der Waals surface area contributed by atoms with Gasteiger partial charge in [-0.1, -0.05) is 69.0 Å². The second-order valence-electron chi connectivity index (χ2n) is 4.40. The van der Waals surface area contributed by atoms with E-state index in [9.17, 15) is 0 Å². The Morgan fingerprint density at radius 1 is 0.882 bits per heavy atom. The standard InChI is InChI=1S/C13H27NS2.Mo/c1-2-3-4-5-6-7-8-9-10-11-12-14-13(15)16;/h2-12H2,1H3,(H2,14,15,16);/p-1. The molecule has 17 heavy (non-hydrogen) atoms. The molecule has 0 amide bonds. The Hall–Kier alpha value is 0.798. The molecule has 4 heteroatoms. The van der Waals surface area contributed by atoms with Gasteiger partial charge in [0.1, 0.15) is 0 Å². The molecule has 0 spiro atoms. The van der Waals surface area contributed by atoms with Crippen molar-refractivity contribution >= 4 is 29.2 Å². The fourth-order valence-corrected chi connectivity index (χ4v) is 2.01. The van der Waals surface area contributed by atoms with Crippen molar-refractivity contribution in [2.45, 2.75) is 71.1 Å². The number of rotatable bonds is 11. The molecular formula is C13H26MoNS2-. The summed E-state index contributed by atoms with van der Waals surface area (Å²) in [6, 6.07) is 0. The average molecular weight is 356 g/mol. The number of unbranched alkanes of at least 4 members (excludes halogenated alkanes) is 9. The minimum Gasteiger partial charge on any atom is -0.412 e. The summed E-state index contributed by atoms with van der Waals surface area (Å²) in [5, 5.41) is 3.02. The molecule has 0 radical (unpaired) electrons. The van der Waals surface area contributed by atoms with Crippen LogP contribution in [0.15, 0.2) is 0 Å². The summed E-state index contributed by atoms with van der Waals surface area (Å²) in [5.41, 5.74) is 0. The summed E-state index contributed by atoms with van der Waals surface area (Å²) in [6.07, 6.45) is 13.7. The maximum atomic E-state index is 4.77. The van der Waals surface area contributed by atoms with Crippen LogP contribution < -0.4 is 5.32 Å². The van der Waals surface area contributed by atoms with Gasteiger partial charge in [0.05, 0.1) is 0 Å². The van der Waals surface area contributed by atoms with Gasteiger partial charge >= 0.3 is 0 Å². The van der Waals surface area contributed by atoms with E-state index in [2.05, 4.69) is 12.2 Å². The van der Waals surface area contributed by atoms with Crippen LogP contribution in [0.3, 0.4) is 0 Å². The number of hydrogen-bond acceptors (Lipinski definition) is 2. The molecular weight excluding hydrogens is 330 g/mol. The fourth-order valence-electron chi connectivity index (χ4n) is 1.80. The van der Waals surface area contributed by atoms with E-state index in [4.69, 9.17) is 24.8 Å². The van der Waals surface area contributed by atoms with Gasteiger partial charge in [-0.2, -0.15) is 0 Å². The van der Waals surface area contributed by atoms with E-state index in [1.165, 1.54) is 64.2 Å². The van der Waals surface area contributed by atoms with Crippen molar-refractivity contribution in [1.82, 2.24) is 5.32 Å². The van der Waals surface area contributed by atoms with E-state index in [0.29, 0.717) is 4.32 Å². The smallest absolute Gasteiger partial charge is 0.0132 e. The van der Waals surface area contributed by atoms with Crippen molar-refractivity contribution in [3.8, 4) is 0 Å². The second kappa shape index (κ2) is 16.8. The Morgan fingerprint density at radius 3 is 1.71 bits per heavy atom. The van der Waals surface area contributed by atoms with Gasteiger partial charge in [0.15, 0.2) is 0 Å². The first kappa shape index (κ1) is 20.1. The third-order valence-electron chi connectivity index (χ3n) is 2.80. The zero-order chi connectivity index (χ0) is 12.1. The van der Waals surface area contributed by atoms with Crippen LogP contribution in [0.4, 0.5) is 0 Å². The first-order valence-electron chi connectivity index (χ1n) is 6.72. The van der Waals surface area contributed by atoms with E-state index in [0.717, 1.165) is 6.54 Å². The maximum Gasteiger partial charge on any atom is 0.0132 e. The van der Waals surface area contributed by atoms with Gasteiger partial charge in [-0.3, -0.25) is 0 Å². The quantitative estimate of drug-likeness (QED) is 0.256. The van der Waals surface area contributed by atoms with Crippen LogP contribution in [0.25, 0.3) is 0 Å². The van der Waals surface area contributed by atoms with Crippen molar-refractivity contribution < 1.29 is 21.1 Å². The van der Waals surface area contributed by atoms with E-state index >= 15 is 0 Å². The van der Waals surface area contributed by atoms with Crippen LogP contribution in [0.5, 0.6) is 0 Å². The Labute approximate surface area is 133 Å². The van der Waals surface area contributed by atoms with Crippen LogP contribution in [0, 0.1) is 0 Å². The minimum absolute atomic E-state index is 0. The molecule has 0 aliphatic heterocycles. The van der Waals surface area contributed by atoms with Crippen molar-refractivity contribution in [3.05, 3.63) is 0 Å². The molecule has 0 aliphatic carbocycles. The molecule has 0 saturated carbocycles. The summed E-state index contributed by atoms with van der Waals surface area (Å²) >= 11 is 9.54. The number of thiocarbonyl (C=S) groups is 1. The monoisotopic (exact) mass is 358 g/mol. The van der Waals surface area contributed by atoms with E-state index < -0.39 is 0 Å². The Bertz CT molecular complexity index is 165. The molecule has 0 rings (SSSR count). The molecule has 0 aromatic heterocycles. The van der Waals surface area contributed by atoms with E-state index in [-0.39, 0.29) is 21.1 Å². The van der Waals surface area contributed by atoms with Gasteiger partial charge < -0.3 is 30.2 Å². The predicted octanol–water partition coefficient (Wildman–Crippen LogP) is 4.33. The SMILES string of the molecule is CCCCCCCCCCCCNC(=S)[S-].[Mo].